The van der Waals surface area contributed by atoms with Gasteiger partial charge in [0.15, 0.2) is 0 Å². The topological polar surface area (TPSA) is 108 Å². The van der Waals surface area contributed by atoms with E-state index in [1.165, 1.54) is 19.1 Å². The Morgan fingerprint density at radius 1 is 1.37 bits per heavy atom. The predicted octanol–water partition coefficient (Wildman–Crippen LogP) is -0.746. The number of rotatable bonds is 8. The molecule has 0 spiro atoms. The summed E-state index contributed by atoms with van der Waals surface area (Å²) in [6.07, 6.45) is -0.545. The average Bonchev–Trinajstić information content (AvgIpc) is 2.39. The summed E-state index contributed by atoms with van der Waals surface area (Å²) in [5.74, 6) is -1.14. The zero-order valence-corrected chi connectivity index (χ0v) is 11.4. The van der Waals surface area contributed by atoms with Crippen molar-refractivity contribution in [2.45, 2.75) is 18.9 Å². The summed E-state index contributed by atoms with van der Waals surface area (Å²) in [6.45, 7) is 0.383. The summed E-state index contributed by atoms with van der Waals surface area (Å²) in [7, 11) is 4.46. The number of nitrogens with one attached hydrogen (secondary N) is 2. The first-order valence-corrected chi connectivity index (χ1v) is 5.84. The first-order valence-electron chi connectivity index (χ1n) is 5.84. The number of urea groups is 1. The third-order valence-electron chi connectivity index (χ3n) is 2.52. The zero-order chi connectivity index (χ0) is 14.8. The van der Waals surface area contributed by atoms with E-state index in [2.05, 4.69) is 10.6 Å². The molecule has 0 saturated carbocycles. The minimum atomic E-state index is -0.992. The van der Waals surface area contributed by atoms with Gasteiger partial charge < -0.3 is 25.4 Å². The lowest BCUT2D eigenvalue weighted by molar-refractivity contribution is -0.139. The van der Waals surface area contributed by atoms with Gasteiger partial charge in [-0.3, -0.25) is 9.59 Å². The van der Waals surface area contributed by atoms with Gasteiger partial charge in [-0.15, -0.1) is 0 Å². The molecule has 0 aliphatic rings. The highest BCUT2D eigenvalue weighted by atomic mass is 16.5. The van der Waals surface area contributed by atoms with Crippen LogP contribution in [0.2, 0.25) is 0 Å². The zero-order valence-electron chi connectivity index (χ0n) is 11.4. The summed E-state index contributed by atoms with van der Waals surface area (Å²) in [5, 5.41) is 13.6. The Morgan fingerprint density at radius 3 is 2.47 bits per heavy atom. The van der Waals surface area contributed by atoms with Gasteiger partial charge in [-0.1, -0.05) is 0 Å². The number of hydrogen-bond acceptors (Lipinski definition) is 4. The molecule has 0 saturated heterocycles. The van der Waals surface area contributed by atoms with Gasteiger partial charge in [-0.2, -0.15) is 0 Å². The largest absolute Gasteiger partial charge is 0.481 e. The van der Waals surface area contributed by atoms with E-state index >= 15 is 0 Å². The van der Waals surface area contributed by atoms with E-state index in [1.807, 2.05) is 0 Å². The number of hydrogen-bond donors (Lipinski definition) is 3. The molecule has 0 bridgehead atoms. The molecule has 1 unspecified atom stereocenters. The third-order valence-corrected chi connectivity index (χ3v) is 2.52. The van der Waals surface area contributed by atoms with Crippen molar-refractivity contribution in [3.05, 3.63) is 0 Å². The number of amides is 3. The molecule has 3 amide bonds. The quantitative estimate of drug-likeness (QED) is 0.540. The molecule has 0 fully saturated rings. The van der Waals surface area contributed by atoms with E-state index in [-0.39, 0.29) is 37.9 Å². The van der Waals surface area contributed by atoms with E-state index in [0.717, 1.165) is 0 Å². The molecule has 0 heterocycles. The molecule has 0 rings (SSSR count). The van der Waals surface area contributed by atoms with Gasteiger partial charge in [0.05, 0.1) is 12.5 Å². The molecule has 0 aliphatic carbocycles. The second-order valence-electron chi connectivity index (χ2n) is 3.99. The van der Waals surface area contributed by atoms with Crippen molar-refractivity contribution in [3.8, 4) is 0 Å². The number of carbonyl (C=O) groups is 3. The lowest BCUT2D eigenvalue weighted by atomic mass is 10.2. The molecule has 0 aromatic carbocycles. The van der Waals surface area contributed by atoms with Crippen LogP contribution in [0.1, 0.15) is 12.8 Å². The molecular formula is C11H21N3O5. The van der Waals surface area contributed by atoms with E-state index in [1.54, 1.807) is 7.05 Å². The monoisotopic (exact) mass is 275 g/mol. The fourth-order valence-corrected chi connectivity index (χ4v) is 1.27. The smallest absolute Gasteiger partial charge is 0.317 e. The maximum atomic E-state index is 11.6. The lowest BCUT2D eigenvalue weighted by Gasteiger charge is -2.20. The lowest BCUT2D eigenvalue weighted by Crippen LogP contribution is -2.42. The van der Waals surface area contributed by atoms with Crippen LogP contribution in [0.15, 0.2) is 0 Å². The molecule has 110 valence electrons. The Hall–Kier alpha value is -1.83. The van der Waals surface area contributed by atoms with Crippen molar-refractivity contribution in [2.75, 3.05) is 34.3 Å². The minimum Gasteiger partial charge on any atom is -0.481 e. The van der Waals surface area contributed by atoms with E-state index < -0.39 is 12.1 Å². The van der Waals surface area contributed by atoms with Gasteiger partial charge in [0, 0.05) is 40.7 Å². The molecule has 0 aromatic heterocycles. The van der Waals surface area contributed by atoms with Crippen LogP contribution in [0.25, 0.3) is 0 Å². The third kappa shape index (κ3) is 7.98. The predicted molar refractivity (Wildman–Crippen MR) is 67.8 cm³/mol. The van der Waals surface area contributed by atoms with Gasteiger partial charge in [-0.25, -0.2) is 4.79 Å². The Labute approximate surface area is 112 Å². The number of carbonyl (C=O) groups excluding carboxylic acids is 2. The Bertz CT molecular complexity index is 321. The number of nitrogens with zero attached hydrogens (tertiary/aromatic N) is 1. The van der Waals surface area contributed by atoms with Crippen LogP contribution in [-0.4, -0.2) is 68.3 Å². The van der Waals surface area contributed by atoms with Crippen LogP contribution in [0.5, 0.6) is 0 Å². The van der Waals surface area contributed by atoms with Crippen LogP contribution in [0, 0.1) is 0 Å². The molecule has 1 atom stereocenters. The van der Waals surface area contributed by atoms with Crippen LogP contribution in [0.3, 0.4) is 0 Å². The molecule has 8 nitrogen and oxygen atoms in total. The van der Waals surface area contributed by atoms with Gasteiger partial charge in [0.2, 0.25) is 5.91 Å². The molecule has 0 aliphatic heterocycles. The maximum Gasteiger partial charge on any atom is 0.317 e. The summed E-state index contributed by atoms with van der Waals surface area (Å²) in [6, 6.07) is -0.378. The van der Waals surface area contributed by atoms with E-state index in [9.17, 15) is 14.4 Å². The van der Waals surface area contributed by atoms with Crippen molar-refractivity contribution in [2.24, 2.45) is 0 Å². The second-order valence-corrected chi connectivity index (χ2v) is 3.99. The van der Waals surface area contributed by atoms with Crippen molar-refractivity contribution in [1.82, 2.24) is 15.5 Å². The fraction of sp³-hybridized carbons (Fsp3) is 0.727. The Balaban J connectivity index is 4.00. The van der Waals surface area contributed by atoms with E-state index in [4.69, 9.17) is 9.84 Å². The molecular weight excluding hydrogens is 254 g/mol. The SMILES string of the molecule is CNC(=O)CCN(C)C(=O)NCC(CC(=O)O)OC. The number of carboxylic acids is 1. The highest BCUT2D eigenvalue weighted by molar-refractivity contribution is 5.78. The van der Waals surface area contributed by atoms with Gasteiger partial charge in [-0.05, 0) is 0 Å². The normalized spacial score (nSPS) is 11.5. The van der Waals surface area contributed by atoms with Crippen LogP contribution in [-0.2, 0) is 14.3 Å². The molecule has 8 heteroatoms. The Kier molecular flexibility index (Phi) is 8.27. The average molecular weight is 275 g/mol. The first-order chi connectivity index (χ1) is 8.90. The van der Waals surface area contributed by atoms with Crippen molar-refractivity contribution in [1.29, 1.82) is 0 Å². The highest BCUT2D eigenvalue weighted by Gasteiger charge is 2.15. The molecule has 19 heavy (non-hydrogen) atoms. The maximum absolute atomic E-state index is 11.6. The van der Waals surface area contributed by atoms with Gasteiger partial charge >= 0.3 is 12.0 Å². The van der Waals surface area contributed by atoms with Crippen molar-refractivity contribution < 1.29 is 24.2 Å². The highest BCUT2D eigenvalue weighted by Crippen LogP contribution is 1.96. The fourth-order valence-electron chi connectivity index (χ4n) is 1.27. The standard InChI is InChI=1S/C11H21N3O5/c1-12-9(15)4-5-14(2)11(18)13-7-8(19-3)6-10(16)17/h8H,4-7H2,1-3H3,(H,12,15)(H,13,18)(H,16,17). The number of methoxy groups -OCH3 is 1. The Morgan fingerprint density at radius 2 is 2.00 bits per heavy atom. The van der Waals surface area contributed by atoms with Gasteiger partial charge in [0.25, 0.3) is 0 Å². The summed E-state index contributed by atoms with van der Waals surface area (Å²) >= 11 is 0. The summed E-state index contributed by atoms with van der Waals surface area (Å²) in [5.41, 5.74) is 0. The number of ether oxygens (including phenoxy) is 1. The van der Waals surface area contributed by atoms with Crippen molar-refractivity contribution >= 4 is 17.9 Å². The van der Waals surface area contributed by atoms with E-state index in [0.29, 0.717) is 0 Å². The minimum absolute atomic E-state index is 0.103. The molecule has 3 N–H and O–H groups in total. The van der Waals surface area contributed by atoms with Gasteiger partial charge in [0.1, 0.15) is 0 Å². The molecule has 0 radical (unpaired) electrons. The molecule has 0 aromatic rings. The number of aliphatic carboxylic acids is 1. The summed E-state index contributed by atoms with van der Waals surface area (Å²) in [4.78, 5) is 34.5. The van der Waals surface area contributed by atoms with Crippen LogP contribution in [0.4, 0.5) is 4.79 Å². The number of carboxylic acid groups (broad SMARTS) is 1. The van der Waals surface area contributed by atoms with Crippen LogP contribution >= 0.6 is 0 Å². The summed E-state index contributed by atoms with van der Waals surface area (Å²) < 4.78 is 4.93. The van der Waals surface area contributed by atoms with Crippen molar-refractivity contribution in [3.63, 3.8) is 0 Å². The first kappa shape index (κ1) is 17.2. The second kappa shape index (κ2) is 9.15. The van der Waals surface area contributed by atoms with Crippen LogP contribution < -0.4 is 10.6 Å².